The molecule has 2 aromatic carbocycles. The molecule has 0 amide bonds. The van der Waals surface area contributed by atoms with Gasteiger partial charge < -0.3 is 5.11 Å². The fraction of sp³-hybridized carbons (Fsp3) is 0. The van der Waals surface area contributed by atoms with E-state index in [-0.39, 0.29) is 10.8 Å². The summed E-state index contributed by atoms with van der Waals surface area (Å²) in [5, 5.41) is 20.9. The highest BCUT2D eigenvalue weighted by Crippen LogP contribution is 2.30. The number of phenols is 1. The molecule has 0 fully saturated rings. The minimum atomic E-state index is -0.0534. The molecular weight excluding hydrogens is 299 g/mol. The zero-order valence-electron chi connectivity index (χ0n) is 10.0. The summed E-state index contributed by atoms with van der Waals surface area (Å²) in [4.78, 5) is 4.27. The van der Waals surface area contributed by atoms with Gasteiger partial charge in [0.1, 0.15) is 16.8 Å². The van der Waals surface area contributed by atoms with Gasteiger partial charge in [-0.3, -0.25) is 4.99 Å². The van der Waals surface area contributed by atoms with Crippen LogP contribution in [0, 0.1) is 0 Å². The van der Waals surface area contributed by atoms with Crippen LogP contribution in [0.25, 0.3) is 11.0 Å². The average Bonchev–Trinajstić information content (AvgIpc) is 2.88. The molecular formula is C13H8Cl2N4O. The molecule has 5 nitrogen and oxygen atoms in total. The van der Waals surface area contributed by atoms with E-state index in [4.69, 9.17) is 23.2 Å². The molecule has 0 aliphatic heterocycles. The number of aromatic amines is 1. The third kappa shape index (κ3) is 2.45. The fourth-order valence-electron chi connectivity index (χ4n) is 1.74. The number of hydrogen-bond acceptors (Lipinski definition) is 4. The number of benzene rings is 2. The van der Waals surface area contributed by atoms with Crippen molar-refractivity contribution in [3.63, 3.8) is 0 Å². The Morgan fingerprint density at radius 2 is 1.90 bits per heavy atom. The Labute approximate surface area is 123 Å². The van der Waals surface area contributed by atoms with Gasteiger partial charge in [0.05, 0.1) is 10.7 Å². The van der Waals surface area contributed by atoms with Crippen molar-refractivity contribution in [1.82, 2.24) is 15.4 Å². The predicted molar refractivity (Wildman–Crippen MR) is 79.3 cm³/mol. The van der Waals surface area contributed by atoms with Gasteiger partial charge in [-0.25, -0.2) is 0 Å². The summed E-state index contributed by atoms with van der Waals surface area (Å²) >= 11 is 11.7. The van der Waals surface area contributed by atoms with Gasteiger partial charge in [-0.1, -0.05) is 23.2 Å². The lowest BCUT2D eigenvalue weighted by molar-refractivity contribution is 0.475. The zero-order chi connectivity index (χ0) is 14.1. The number of aliphatic imine (C=N–C) groups is 1. The summed E-state index contributed by atoms with van der Waals surface area (Å²) in [6, 6.07) is 8.43. The highest BCUT2D eigenvalue weighted by atomic mass is 35.5. The minimum Gasteiger partial charge on any atom is -0.506 e. The number of rotatable bonds is 2. The molecule has 1 heterocycles. The quantitative estimate of drug-likeness (QED) is 0.709. The van der Waals surface area contributed by atoms with Gasteiger partial charge in [0.25, 0.3) is 0 Å². The summed E-state index contributed by atoms with van der Waals surface area (Å²) in [5.74, 6) is -0.0534. The summed E-state index contributed by atoms with van der Waals surface area (Å²) < 4.78 is 0. The zero-order valence-corrected chi connectivity index (χ0v) is 11.5. The van der Waals surface area contributed by atoms with Crippen molar-refractivity contribution in [2.24, 2.45) is 4.99 Å². The Balaban J connectivity index is 1.97. The van der Waals surface area contributed by atoms with E-state index in [9.17, 15) is 5.11 Å². The van der Waals surface area contributed by atoms with Crippen molar-refractivity contribution < 1.29 is 5.11 Å². The topological polar surface area (TPSA) is 74.2 Å². The van der Waals surface area contributed by atoms with Crippen molar-refractivity contribution in [2.45, 2.75) is 0 Å². The number of halogens is 2. The van der Waals surface area contributed by atoms with E-state index < -0.39 is 0 Å². The van der Waals surface area contributed by atoms with E-state index in [0.29, 0.717) is 21.8 Å². The molecule has 0 radical (unpaired) electrons. The normalized spacial score (nSPS) is 11.5. The van der Waals surface area contributed by atoms with Crippen molar-refractivity contribution in [2.75, 3.05) is 0 Å². The molecule has 0 spiro atoms. The molecule has 0 saturated heterocycles. The number of H-pyrrole nitrogens is 1. The lowest BCUT2D eigenvalue weighted by atomic mass is 10.2. The number of aromatic hydroxyl groups is 1. The van der Waals surface area contributed by atoms with Crippen molar-refractivity contribution in [3.8, 4) is 5.75 Å². The van der Waals surface area contributed by atoms with Gasteiger partial charge in [0, 0.05) is 16.8 Å². The van der Waals surface area contributed by atoms with Crippen LogP contribution in [0.15, 0.2) is 35.3 Å². The van der Waals surface area contributed by atoms with Crippen molar-refractivity contribution in [1.29, 1.82) is 0 Å². The van der Waals surface area contributed by atoms with Crippen LogP contribution < -0.4 is 0 Å². The molecule has 100 valence electrons. The van der Waals surface area contributed by atoms with E-state index in [2.05, 4.69) is 20.4 Å². The molecule has 1 aromatic heterocycles. The SMILES string of the molecule is Oc1c(Cl)cc(Cl)cc1C=Nc1ccc2n[nH]nc2c1. The van der Waals surface area contributed by atoms with E-state index in [1.165, 1.54) is 12.3 Å². The summed E-state index contributed by atoms with van der Waals surface area (Å²) in [6.07, 6.45) is 1.49. The summed E-state index contributed by atoms with van der Waals surface area (Å²) in [5.41, 5.74) is 2.61. The number of aromatic nitrogens is 3. The van der Waals surface area contributed by atoms with E-state index in [1.807, 2.05) is 0 Å². The molecule has 0 unspecified atom stereocenters. The van der Waals surface area contributed by atoms with Crippen LogP contribution in [-0.4, -0.2) is 26.7 Å². The van der Waals surface area contributed by atoms with Gasteiger partial charge in [0.2, 0.25) is 0 Å². The van der Waals surface area contributed by atoms with Crippen LogP contribution in [0.5, 0.6) is 5.75 Å². The number of fused-ring (bicyclic) bond motifs is 1. The second-order valence-corrected chi connectivity index (χ2v) is 4.92. The second-order valence-electron chi connectivity index (χ2n) is 4.08. The lowest BCUT2D eigenvalue weighted by Gasteiger charge is -2.02. The van der Waals surface area contributed by atoms with Crippen LogP contribution in [0.3, 0.4) is 0 Å². The molecule has 7 heteroatoms. The van der Waals surface area contributed by atoms with E-state index >= 15 is 0 Å². The first-order chi connectivity index (χ1) is 9.63. The van der Waals surface area contributed by atoms with Crippen LogP contribution in [0.4, 0.5) is 5.69 Å². The first kappa shape index (κ1) is 12.9. The average molecular weight is 307 g/mol. The highest BCUT2D eigenvalue weighted by Gasteiger charge is 2.06. The molecule has 0 bridgehead atoms. The molecule has 0 aliphatic rings. The van der Waals surface area contributed by atoms with Gasteiger partial charge in [-0.15, -0.1) is 0 Å². The van der Waals surface area contributed by atoms with Crippen LogP contribution in [-0.2, 0) is 0 Å². The maximum atomic E-state index is 9.83. The van der Waals surface area contributed by atoms with Gasteiger partial charge in [-0.2, -0.15) is 15.4 Å². The van der Waals surface area contributed by atoms with Crippen LogP contribution in [0.1, 0.15) is 5.56 Å². The monoisotopic (exact) mass is 306 g/mol. The molecule has 2 N–H and O–H groups in total. The first-order valence-corrected chi connectivity index (χ1v) is 6.42. The molecule has 3 rings (SSSR count). The maximum absolute atomic E-state index is 9.83. The Morgan fingerprint density at radius 1 is 1.10 bits per heavy atom. The third-order valence-electron chi connectivity index (χ3n) is 2.71. The Bertz CT molecular complexity index is 813. The lowest BCUT2D eigenvalue weighted by Crippen LogP contribution is -1.84. The Kier molecular flexibility index (Phi) is 3.30. The minimum absolute atomic E-state index is 0.0534. The number of nitrogens with one attached hydrogen (secondary N) is 1. The van der Waals surface area contributed by atoms with Crippen LogP contribution in [0.2, 0.25) is 10.0 Å². The summed E-state index contributed by atoms with van der Waals surface area (Å²) in [6.45, 7) is 0. The maximum Gasteiger partial charge on any atom is 0.143 e. The second kappa shape index (κ2) is 5.11. The number of hydrogen-bond donors (Lipinski definition) is 2. The molecule has 0 atom stereocenters. The highest BCUT2D eigenvalue weighted by molar-refractivity contribution is 6.36. The Morgan fingerprint density at radius 3 is 2.75 bits per heavy atom. The van der Waals surface area contributed by atoms with Crippen LogP contribution >= 0.6 is 23.2 Å². The molecule has 0 saturated carbocycles. The van der Waals surface area contributed by atoms with Gasteiger partial charge >= 0.3 is 0 Å². The smallest absolute Gasteiger partial charge is 0.143 e. The van der Waals surface area contributed by atoms with E-state index in [1.54, 1.807) is 24.3 Å². The number of nitrogens with zero attached hydrogens (tertiary/aromatic N) is 3. The van der Waals surface area contributed by atoms with Gasteiger partial charge in [0.15, 0.2) is 0 Å². The van der Waals surface area contributed by atoms with Gasteiger partial charge in [-0.05, 0) is 30.3 Å². The summed E-state index contributed by atoms with van der Waals surface area (Å²) in [7, 11) is 0. The number of phenolic OH excluding ortho intramolecular Hbond substituents is 1. The Hall–Kier alpha value is -2.11. The van der Waals surface area contributed by atoms with Crippen molar-refractivity contribution in [3.05, 3.63) is 45.9 Å². The predicted octanol–water partition coefficient (Wildman–Crippen LogP) is 3.72. The molecule has 0 aliphatic carbocycles. The molecule has 20 heavy (non-hydrogen) atoms. The molecule has 3 aromatic rings. The standard InChI is InChI=1S/C13H8Cl2N4O/c14-8-3-7(13(20)10(15)4-8)6-16-9-1-2-11-12(5-9)18-19-17-11/h1-6,20H,(H,17,18,19). The van der Waals surface area contributed by atoms with E-state index in [0.717, 1.165) is 5.52 Å². The third-order valence-corrected chi connectivity index (χ3v) is 3.22. The largest absolute Gasteiger partial charge is 0.506 e. The van der Waals surface area contributed by atoms with Crippen molar-refractivity contribution >= 4 is 46.1 Å². The first-order valence-electron chi connectivity index (χ1n) is 5.66. The fourth-order valence-corrected chi connectivity index (χ4v) is 2.25.